The third-order valence-electron chi connectivity index (χ3n) is 4.55. The predicted octanol–water partition coefficient (Wildman–Crippen LogP) is 2.74. The van der Waals surface area contributed by atoms with Gasteiger partial charge in [0.1, 0.15) is 5.75 Å². The fourth-order valence-electron chi connectivity index (χ4n) is 3.51. The van der Waals surface area contributed by atoms with Gasteiger partial charge in [-0.1, -0.05) is 18.2 Å². The zero-order chi connectivity index (χ0) is 12.8. The van der Waals surface area contributed by atoms with E-state index in [-0.39, 0.29) is 0 Å². The van der Waals surface area contributed by atoms with Gasteiger partial charge in [0.15, 0.2) is 0 Å². The molecule has 0 aliphatic heterocycles. The first-order valence-corrected chi connectivity index (χ1v) is 6.50. The lowest BCUT2D eigenvalue weighted by Crippen LogP contribution is -2.32. The van der Waals surface area contributed by atoms with Gasteiger partial charge in [-0.15, -0.1) is 0 Å². The Morgan fingerprint density at radius 1 is 1.39 bits per heavy atom. The van der Waals surface area contributed by atoms with Gasteiger partial charge >= 0.3 is 5.97 Å². The number of hydrogen-bond donors (Lipinski definition) is 1. The fourth-order valence-corrected chi connectivity index (χ4v) is 3.51. The van der Waals surface area contributed by atoms with Crippen molar-refractivity contribution in [1.82, 2.24) is 0 Å². The number of para-hydroxylation sites is 1. The van der Waals surface area contributed by atoms with E-state index >= 15 is 0 Å². The summed E-state index contributed by atoms with van der Waals surface area (Å²) in [5.74, 6) is 1.49. The Hall–Kier alpha value is -1.51. The Bertz CT molecular complexity index is 470. The summed E-state index contributed by atoms with van der Waals surface area (Å²) in [7, 11) is 1.64. The van der Waals surface area contributed by atoms with Crippen molar-refractivity contribution in [3.8, 4) is 5.75 Å². The van der Waals surface area contributed by atoms with Crippen LogP contribution in [-0.2, 0) is 11.2 Å². The minimum absolute atomic E-state index is 0.553. The second-order valence-electron chi connectivity index (χ2n) is 5.74. The Morgan fingerprint density at radius 3 is 2.67 bits per heavy atom. The van der Waals surface area contributed by atoms with Crippen molar-refractivity contribution in [2.75, 3.05) is 7.11 Å². The molecule has 0 spiro atoms. The van der Waals surface area contributed by atoms with E-state index in [0.29, 0.717) is 18.3 Å². The van der Waals surface area contributed by atoms with Crippen molar-refractivity contribution in [2.24, 2.45) is 17.3 Å². The number of fused-ring (bicyclic) bond motifs is 1. The van der Waals surface area contributed by atoms with E-state index in [1.807, 2.05) is 24.3 Å². The van der Waals surface area contributed by atoms with E-state index in [0.717, 1.165) is 24.2 Å². The maximum Gasteiger partial charge on any atom is 0.309 e. The lowest BCUT2D eigenvalue weighted by Gasteiger charge is -2.26. The third-order valence-corrected chi connectivity index (χ3v) is 4.55. The standard InChI is InChI=1S/C15H18O3/c1-18-13-5-3-2-4-10(13)7-15(14(16)17)8-11-6-12(11)9-15/h2-5,11-12H,6-9H2,1H3,(H,16,17). The highest BCUT2D eigenvalue weighted by atomic mass is 16.5. The average molecular weight is 246 g/mol. The number of benzene rings is 1. The number of ether oxygens (including phenoxy) is 1. The number of methoxy groups -OCH3 is 1. The lowest BCUT2D eigenvalue weighted by molar-refractivity contribution is -0.149. The van der Waals surface area contributed by atoms with Crippen LogP contribution in [0.1, 0.15) is 24.8 Å². The molecule has 1 N–H and O–H groups in total. The molecule has 18 heavy (non-hydrogen) atoms. The van der Waals surface area contributed by atoms with Gasteiger partial charge in [-0.05, 0) is 49.1 Å². The largest absolute Gasteiger partial charge is 0.496 e. The molecular formula is C15H18O3. The molecule has 96 valence electrons. The third kappa shape index (κ3) is 1.78. The summed E-state index contributed by atoms with van der Waals surface area (Å²) in [5, 5.41) is 9.59. The van der Waals surface area contributed by atoms with Crippen molar-refractivity contribution >= 4 is 5.97 Å². The summed E-state index contributed by atoms with van der Waals surface area (Å²) < 4.78 is 5.33. The maximum absolute atomic E-state index is 11.7. The van der Waals surface area contributed by atoms with Gasteiger partial charge in [-0.2, -0.15) is 0 Å². The Labute approximate surface area is 107 Å². The Morgan fingerprint density at radius 2 is 2.06 bits per heavy atom. The molecule has 0 saturated heterocycles. The van der Waals surface area contributed by atoms with Gasteiger partial charge in [-0.25, -0.2) is 0 Å². The van der Waals surface area contributed by atoms with E-state index < -0.39 is 11.4 Å². The van der Waals surface area contributed by atoms with Gasteiger partial charge in [-0.3, -0.25) is 4.79 Å². The first-order valence-electron chi connectivity index (χ1n) is 6.50. The first-order chi connectivity index (χ1) is 8.64. The summed E-state index contributed by atoms with van der Waals surface area (Å²) in [6.07, 6.45) is 3.51. The molecule has 1 aromatic rings. The average Bonchev–Trinajstić information content (AvgIpc) is 2.98. The van der Waals surface area contributed by atoms with Crippen LogP contribution in [0.25, 0.3) is 0 Å². The monoisotopic (exact) mass is 246 g/mol. The van der Waals surface area contributed by atoms with Crippen molar-refractivity contribution < 1.29 is 14.6 Å². The fraction of sp³-hybridized carbons (Fsp3) is 0.533. The van der Waals surface area contributed by atoms with Crippen molar-refractivity contribution in [3.63, 3.8) is 0 Å². The van der Waals surface area contributed by atoms with Gasteiger partial charge < -0.3 is 9.84 Å². The molecule has 3 rings (SSSR count). The van der Waals surface area contributed by atoms with Crippen molar-refractivity contribution in [1.29, 1.82) is 0 Å². The summed E-state index contributed by atoms with van der Waals surface area (Å²) in [4.78, 5) is 11.7. The van der Waals surface area contributed by atoms with Crippen LogP contribution in [0.4, 0.5) is 0 Å². The van der Waals surface area contributed by atoms with E-state index in [1.54, 1.807) is 7.11 Å². The highest BCUT2D eigenvalue weighted by Gasteiger charge is 2.57. The van der Waals surface area contributed by atoms with E-state index in [9.17, 15) is 9.90 Å². The highest BCUT2D eigenvalue weighted by Crippen LogP contribution is 2.61. The molecule has 0 bridgehead atoms. The molecule has 3 heteroatoms. The number of aliphatic carboxylic acids is 1. The number of rotatable bonds is 4. The molecule has 0 heterocycles. The maximum atomic E-state index is 11.7. The van der Waals surface area contributed by atoms with E-state index in [1.165, 1.54) is 6.42 Å². The van der Waals surface area contributed by atoms with Crippen LogP contribution in [0.2, 0.25) is 0 Å². The summed E-state index contributed by atoms with van der Waals surface area (Å²) in [5.41, 5.74) is 0.464. The molecule has 1 aromatic carbocycles. The zero-order valence-electron chi connectivity index (χ0n) is 10.6. The highest BCUT2D eigenvalue weighted by molar-refractivity contribution is 5.76. The Balaban J connectivity index is 1.87. The second kappa shape index (κ2) is 4.01. The van der Waals surface area contributed by atoms with Crippen molar-refractivity contribution in [2.45, 2.75) is 25.7 Å². The summed E-state index contributed by atoms with van der Waals surface area (Å²) >= 11 is 0. The molecule has 0 radical (unpaired) electrons. The number of carboxylic acid groups (broad SMARTS) is 1. The first kappa shape index (κ1) is 11.6. The minimum Gasteiger partial charge on any atom is -0.496 e. The molecule has 2 aliphatic carbocycles. The van der Waals surface area contributed by atoms with E-state index in [2.05, 4.69) is 0 Å². The molecule has 2 saturated carbocycles. The quantitative estimate of drug-likeness (QED) is 0.888. The molecule has 0 amide bonds. The minimum atomic E-state index is -0.638. The van der Waals surface area contributed by atoms with Gasteiger partial charge in [0.25, 0.3) is 0 Å². The van der Waals surface area contributed by atoms with Crippen LogP contribution < -0.4 is 4.74 Å². The van der Waals surface area contributed by atoms with Crippen LogP contribution in [0.5, 0.6) is 5.75 Å². The van der Waals surface area contributed by atoms with Crippen molar-refractivity contribution in [3.05, 3.63) is 29.8 Å². The van der Waals surface area contributed by atoms with Gasteiger partial charge in [0.05, 0.1) is 12.5 Å². The van der Waals surface area contributed by atoms with Gasteiger partial charge in [0, 0.05) is 0 Å². The SMILES string of the molecule is COc1ccccc1CC1(C(=O)O)CC2CC2C1. The number of carbonyl (C=O) groups is 1. The molecule has 2 atom stereocenters. The molecule has 0 aromatic heterocycles. The van der Waals surface area contributed by atoms with Crippen LogP contribution in [0.15, 0.2) is 24.3 Å². The normalized spacial score (nSPS) is 32.9. The van der Waals surface area contributed by atoms with Crippen LogP contribution >= 0.6 is 0 Å². The molecular weight excluding hydrogens is 228 g/mol. The number of carboxylic acids is 1. The van der Waals surface area contributed by atoms with Gasteiger partial charge in [0.2, 0.25) is 0 Å². The number of hydrogen-bond acceptors (Lipinski definition) is 2. The van der Waals surface area contributed by atoms with Crippen LogP contribution in [0.3, 0.4) is 0 Å². The smallest absolute Gasteiger partial charge is 0.309 e. The summed E-state index contributed by atoms with van der Waals surface area (Å²) in [6.45, 7) is 0. The van der Waals surface area contributed by atoms with Crippen LogP contribution in [0, 0.1) is 17.3 Å². The molecule has 3 nitrogen and oxygen atoms in total. The zero-order valence-corrected chi connectivity index (χ0v) is 10.6. The topological polar surface area (TPSA) is 46.5 Å². The molecule has 2 aliphatic rings. The van der Waals surface area contributed by atoms with Crippen LogP contribution in [-0.4, -0.2) is 18.2 Å². The molecule has 2 fully saturated rings. The Kier molecular flexibility index (Phi) is 2.58. The molecule has 2 unspecified atom stereocenters. The van der Waals surface area contributed by atoms with E-state index in [4.69, 9.17) is 4.74 Å². The summed E-state index contributed by atoms with van der Waals surface area (Å²) in [6, 6.07) is 7.75. The predicted molar refractivity (Wildman–Crippen MR) is 67.6 cm³/mol. The second-order valence-corrected chi connectivity index (χ2v) is 5.74. The lowest BCUT2D eigenvalue weighted by atomic mass is 9.77.